The molecule has 131 valence electrons. The molecule has 0 bridgehead atoms. The summed E-state index contributed by atoms with van der Waals surface area (Å²) in [5.41, 5.74) is 4.39. The zero-order valence-corrected chi connectivity index (χ0v) is 18.7. The summed E-state index contributed by atoms with van der Waals surface area (Å²) >= 11 is 0.801. The molecule has 0 heterocycles. The summed E-state index contributed by atoms with van der Waals surface area (Å²) in [5, 5.41) is 0. The predicted molar refractivity (Wildman–Crippen MR) is 103 cm³/mol. The van der Waals surface area contributed by atoms with Crippen LogP contribution in [0.3, 0.4) is 0 Å². The van der Waals surface area contributed by atoms with Crippen molar-refractivity contribution in [2.45, 2.75) is 25.7 Å². The first-order valence-electron chi connectivity index (χ1n) is 9.20. The van der Waals surface area contributed by atoms with E-state index in [1.807, 2.05) is 0 Å². The molecule has 0 fully saturated rings. The Hall–Kier alpha value is -1.51. The Labute approximate surface area is 172 Å². The molecule has 0 unspecified atom stereocenters. The van der Waals surface area contributed by atoms with Crippen molar-refractivity contribution >= 4 is 0 Å². The topological polar surface area (TPSA) is 9.23 Å². The second-order valence-electron chi connectivity index (χ2n) is 7.09. The van der Waals surface area contributed by atoms with Crippen molar-refractivity contribution in [2.75, 3.05) is 6.61 Å². The third-order valence-electron chi connectivity index (χ3n) is 5.00. The second-order valence-corrected chi connectivity index (χ2v) is 8.12. The molecular weight excluding hydrogens is 483 g/mol. The maximum atomic E-state index is 5.65. The molecule has 3 aromatic carbocycles. The monoisotopic (exact) mass is 509 g/mol. The molecule has 0 aliphatic heterocycles. The van der Waals surface area contributed by atoms with E-state index < -0.39 is 0 Å². The van der Waals surface area contributed by atoms with Gasteiger partial charge < -0.3 is 0 Å². The van der Waals surface area contributed by atoms with Crippen LogP contribution in [0, 0.1) is 5.41 Å². The summed E-state index contributed by atoms with van der Waals surface area (Å²) in [6.07, 6.45) is 4.29. The molecule has 0 atom stereocenters. The molecule has 3 aromatic rings. The van der Waals surface area contributed by atoms with Gasteiger partial charge in [0.05, 0.1) is 0 Å². The summed E-state index contributed by atoms with van der Waals surface area (Å²) in [6, 6.07) is 32.7. The van der Waals surface area contributed by atoms with Crippen LogP contribution in [-0.4, -0.2) is 6.61 Å². The Morgan fingerprint density at radius 3 is 1.23 bits per heavy atom. The fourth-order valence-electron chi connectivity index (χ4n) is 3.81. The summed E-state index contributed by atoms with van der Waals surface area (Å²) in [5.74, 6) is 0. The van der Waals surface area contributed by atoms with Crippen LogP contribution < -0.4 is 0 Å². The van der Waals surface area contributed by atoms with Gasteiger partial charge in [0.15, 0.2) is 0 Å². The molecule has 0 N–H and O–H groups in total. The van der Waals surface area contributed by atoms with E-state index in [4.69, 9.17) is 2.85 Å². The molecule has 0 aliphatic carbocycles. The van der Waals surface area contributed by atoms with Crippen molar-refractivity contribution in [1.82, 2.24) is 0 Å². The van der Waals surface area contributed by atoms with Crippen LogP contribution in [0.4, 0.5) is 0 Å². The molecule has 0 amide bonds. The Morgan fingerprint density at radius 1 is 0.577 bits per heavy atom. The van der Waals surface area contributed by atoms with Gasteiger partial charge in [-0.25, -0.2) is 0 Å². The van der Waals surface area contributed by atoms with Gasteiger partial charge in [-0.2, -0.15) is 0 Å². The Balaban J connectivity index is 1.94. The minimum absolute atomic E-state index is 0.161. The summed E-state index contributed by atoms with van der Waals surface area (Å²) in [4.78, 5) is 0. The molecule has 0 radical (unpaired) electrons. The minimum atomic E-state index is 0.161. The van der Waals surface area contributed by atoms with Crippen molar-refractivity contribution in [3.05, 3.63) is 108 Å². The SMILES string of the molecule is [Hf][O]CCC(Cc1ccccc1)(Cc1ccccc1)Cc1ccccc1. The van der Waals surface area contributed by atoms with Gasteiger partial charge in [-0.1, -0.05) is 0 Å². The van der Waals surface area contributed by atoms with Crippen molar-refractivity contribution in [3.8, 4) is 0 Å². The van der Waals surface area contributed by atoms with E-state index in [1.165, 1.54) is 16.7 Å². The Kier molecular flexibility index (Phi) is 7.40. The van der Waals surface area contributed by atoms with Crippen LogP contribution in [0.2, 0.25) is 0 Å². The quantitative estimate of drug-likeness (QED) is 0.344. The van der Waals surface area contributed by atoms with Crippen molar-refractivity contribution in [2.24, 2.45) is 5.41 Å². The van der Waals surface area contributed by atoms with E-state index in [9.17, 15) is 0 Å². The molecule has 0 aliphatic rings. The predicted octanol–water partition coefficient (Wildman–Crippen LogP) is 5.57. The van der Waals surface area contributed by atoms with Gasteiger partial charge in [-0.15, -0.1) is 0 Å². The van der Waals surface area contributed by atoms with Gasteiger partial charge in [-0.05, 0) is 0 Å². The zero-order valence-electron chi connectivity index (χ0n) is 15.1. The molecule has 26 heavy (non-hydrogen) atoms. The zero-order chi connectivity index (χ0) is 18.1. The van der Waals surface area contributed by atoms with E-state index >= 15 is 0 Å². The first-order valence-corrected chi connectivity index (χ1v) is 10.7. The average molecular weight is 508 g/mol. The van der Waals surface area contributed by atoms with Gasteiger partial charge in [0.25, 0.3) is 0 Å². The van der Waals surface area contributed by atoms with Crippen LogP contribution in [-0.2, 0) is 46.9 Å². The first kappa shape index (κ1) is 19.3. The van der Waals surface area contributed by atoms with Crippen LogP contribution in [0.15, 0.2) is 91.0 Å². The van der Waals surface area contributed by atoms with E-state index in [-0.39, 0.29) is 5.41 Å². The Morgan fingerprint density at radius 2 is 0.923 bits per heavy atom. The van der Waals surface area contributed by atoms with E-state index in [2.05, 4.69) is 91.0 Å². The summed E-state index contributed by atoms with van der Waals surface area (Å²) in [6.45, 7) is 0.846. The van der Waals surface area contributed by atoms with E-state index in [1.54, 1.807) is 0 Å². The Bertz CT molecular complexity index is 655. The molecular formula is C24H25HfO. The average Bonchev–Trinajstić information content (AvgIpc) is 2.69. The van der Waals surface area contributed by atoms with Crippen LogP contribution in [0.5, 0.6) is 0 Å². The number of hydrogen-bond acceptors (Lipinski definition) is 1. The summed E-state index contributed by atoms with van der Waals surface area (Å²) < 4.78 is 5.65. The number of hydrogen-bond donors (Lipinski definition) is 0. The van der Waals surface area contributed by atoms with Crippen molar-refractivity contribution in [1.29, 1.82) is 0 Å². The van der Waals surface area contributed by atoms with Gasteiger partial charge in [0.2, 0.25) is 0 Å². The molecule has 0 spiro atoms. The van der Waals surface area contributed by atoms with Gasteiger partial charge in [0.1, 0.15) is 0 Å². The molecule has 0 aromatic heterocycles. The molecule has 2 heteroatoms. The normalized spacial score (nSPS) is 11.3. The molecule has 1 nitrogen and oxygen atoms in total. The molecule has 3 rings (SSSR count). The first-order chi connectivity index (χ1) is 12.8. The van der Waals surface area contributed by atoms with E-state index in [0.717, 1.165) is 57.1 Å². The van der Waals surface area contributed by atoms with E-state index in [0.29, 0.717) is 0 Å². The third-order valence-corrected chi connectivity index (χ3v) is 5.73. The van der Waals surface area contributed by atoms with Crippen molar-refractivity contribution in [3.63, 3.8) is 0 Å². The van der Waals surface area contributed by atoms with Crippen molar-refractivity contribution < 1.29 is 27.7 Å². The van der Waals surface area contributed by atoms with Gasteiger partial charge in [-0.3, -0.25) is 0 Å². The van der Waals surface area contributed by atoms with Crippen LogP contribution in [0.25, 0.3) is 0 Å². The standard InChI is InChI=1S/C24H25O.Hf/c25-17-16-24(18-21-10-4-1-5-11-21,19-22-12-6-2-7-13-22)20-23-14-8-3-9-15-23;/h1-15H,16-20H2;/q-1;+1. The number of benzene rings is 3. The van der Waals surface area contributed by atoms with Gasteiger partial charge >= 0.3 is 173 Å². The van der Waals surface area contributed by atoms with Crippen LogP contribution in [0.1, 0.15) is 23.1 Å². The number of rotatable bonds is 9. The fourth-order valence-corrected chi connectivity index (χ4v) is 4.17. The third kappa shape index (κ3) is 5.75. The maximum absolute atomic E-state index is 5.65. The molecule has 0 saturated carbocycles. The van der Waals surface area contributed by atoms with Gasteiger partial charge in [0, 0.05) is 0 Å². The fraction of sp³-hybridized carbons (Fsp3) is 0.250. The van der Waals surface area contributed by atoms with Crippen LogP contribution >= 0.6 is 0 Å². The second kappa shape index (κ2) is 9.99. The summed E-state index contributed by atoms with van der Waals surface area (Å²) in [7, 11) is 0. The molecule has 0 saturated heterocycles.